The van der Waals surface area contributed by atoms with Crippen molar-refractivity contribution >= 4 is 35.1 Å². The van der Waals surface area contributed by atoms with Gasteiger partial charge < -0.3 is 5.32 Å². The number of carbonyl (C=O) groups excluding carboxylic acids is 2. The van der Waals surface area contributed by atoms with E-state index in [4.69, 9.17) is 0 Å². The van der Waals surface area contributed by atoms with Crippen molar-refractivity contribution in [1.82, 2.24) is 25.5 Å². The maximum absolute atomic E-state index is 12.3. The lowest BCUT2D eigenvalue weighted by molar-refractivity contribution is -0.117. The fourth-order valence-corrected chi connectivity index (χ4v) is 3.50. The maximum Gasteiger partial charge on any atom is 0.255 e. The van der Waals surface area contributed by atoms with Crippen LogP contribution in [0.4, 0.5) is 5.69 Å². The number of nitrogens with one attached hydrogen (secondary N) is 1. The average Bonchev–Trinajstić information content (AvgIpc) is 3.34. The smallest absolute Gasteiger partial charge is 0.255 e. The van der Waals surface area contributed by atoms with Gasteiger partial charge in [-0.05, 0) is 41.1 Å². The quantitative estimate of drug-likeness (QED) is 0.648. The van der Waals surface area contributed by atoms with E-state index < -0.39 is 0 Å². The number of anilines is 1. The summed E-state index contributed by atoms with van der Waals surface area (Å²) in [6.07, 6.45) is 0.0479. The van der Waals surface area contributed by atoms with Crippen LogP contribution in [-0.4, -0.2) is 43.6 Å². The summed E-state index contributed by atoms with van der Waals surface area (Å²) in [5.41, 5.74) is 2.53. The standard InChI is InChI=1S/C19H17N7O2S/c1-13-7-5-6-10-15(13)26-19(21-23-24-26)29-12-17(27)20-16-11-18(28)25(22-16)14-8-3-2-4-9-14/h2-10H,11-12H2,1H3,(H,20,22,27). The van der Waals surface area contributed by atoms with Gasteiger partial charge in [-0.2, -0.15) is 14.8 Å². The lowest BCUT2D eigenvalue weighted by atomic mass is 10.2. The molecule has 4 rings (SSSR count). The second kappa shape index (κ2) is 8.23. The number of nitrogens with zero attached hydrogens (tertiary/aromatic N) is 6. The van der Waals surface area contributed by atoms with Gasteiger partial charge in [0.05, 0.1) is 23.5 Å². The predicted molar refractivity (Wildman–Crippen MR) is 109 cm³/mol. The van der Waals surface area contributed by atoms with Gasteiger partial charge >= 0.3 is 0 Å². The fraction of sp³-hybridized carbons (Fsp3) is 0.158. The number of rotatable bonds is 5. The molecule has 0 fully saturated rings. The number of hydrogen-bond acceptors (Lipinski definition) is 7. The third-order valence-electron chi connectivity index (χ3n) is 4.18. The molecule has 0 radical (unpaired) electrons. The number of aryl methyl sites for hydroxylation is 1. The van der Waals surface area contributed by atoms with Crippen molar-refractivity contribution in [3.05, 3.63) is 60.2 Å². The molecule has 1 aliphatic rings. The number of amidine groups is 1. The van der Waals surface area contributed by atoms with Crippen LogP contribution in [0, 0.1) is 6.92 Å². The fourth-order valence-electron chi connectivity index (χ4n) is 2.82. The molecule has 146 valence electrons. The van der Waals surface area contributed by atoms with Crippen LogP contribution in [0.5, 0.6) is 0 Å². The van der Waals surface area contributed by atoms with Gasteiger partial charge in [0.2, 0.25) is 11.1 Å². The monoisotopic (exact) mass is 407 g/mol. The summed E-state index contributed by atoms with van der Waals surface area (Å²) in [4.78, 5) is 24.5. The van der Waals surface area contributed by atoms with Crippen LogP contribution in [0.15, 0.2) is 64.9 Å². The minimum absolute atomic E-state index is 0.0479. The van der Waals surface area contributed by atoms with Crippen molar-refractivity contribution in [2.75, 3.05) is 10.8 Å². The van der Waals surface area contributed by atoms with Gasteiger partial charge in [-0.15, -0.1) is 5.10 Å². The van der Waals surface area contributed by atoms with Crippen molar-refractivity contribution < 1.29 is 9.59 Å². The summed E-state index contributed by atoms with van der Waals surface area (Å²) in [5.74, 6) is -0.0634. The molecule has 10 heteroatoms. The van der Waals surface area contributed by atoms with E-state index in [-0.39, 0.29) is 24.0 Å². The maximum atomic E-state index is 12.3. The van der Waals surface area contributed by atoms with Gasteiger partial charge in [-0.3, -0.25) is 9.59 Å². The molecule has 0 atom stereocenters. The molecule has 3 aromatic rings. The molecule has 0 spiro atoms. The summed E-state index contributed by atoms with van der Waals surface area (Å²) in [7, 11) is 0. The van der Waals surface area contributed by atoms with Crippen molar-refractivity contribution in [2.45, 2.75) is 18.5 Å². The predicted octanol–water partition coefficient (Wildman–Crippen LogP) is 1.93. The molecule has 2 amide bonds. The summed E-state index contributed by atoms with van der Waals surface area (Å²) >= 11 is 1.21. The first-order valence-corrected chi connectivity index (χ1v) is 9.83. The van der Waals surface area contributed by atoms with Gasteiger partial charge in [0.15, 0.2) is 0 Å². The van der Waals surface area contributed by atoms with Crippen LogP contribution in [0.2, 0.25) is 0 Å². The third-order valence-corrected chi connectivity index (χ3v) is 5.10. The highest BCUT2D eigenvalue weighted by Gasteiger charge is 2.26. The number of benzene rings is 2. The Morgan fingerprint density at radius 2 is 1.90 bits per heavy atom. The molecule has 0 aliphatic carbocycles. The summed E-state index contributed by atoms with van der Waals surface area (Å²) < 4.78 is 1.60. The van der Waals surface area contributed by atoms with Crippen LogP contribution in [0.25, 0.3) is 5.69 Å². The number of tetrazole rings is 1. The molecule has 0 saturated heterocycles. The molecule has 0 bridgehead atoms. The molecule has 0 saturated carbocycles. The molecule has 0 unspecified atom stereocenters. The van der Waals surface area contributed by atoms with E-state index in [0.29, 0.717) is 16.7 Å². The topological polar surface area (TPSA) is 105 Å². The number of hydrogen-bond donors (Lipinski definition) is 1. The van der Waals surface area contributed by atoms with E-state index in [9.17, 15) is 9.59 Å². The molecule has 29 heavy (non-hydrogen) atoms. The SMILES string of the molecule is Cc1ccccc1-n1nnnc1SCC(=O)NC1=NN(c2ccccc2)C(=O)C1. The zero-order valence-electron chi connectivity index (χ0n) is 15.5. The normalized spacial score (nSPS) is 13.5. The van der Waals surface area contributed by atoms with Crippen LogP contribution >= 0.6 is 11.8 Å². The number of thioether (sulfide) groups is 1. The lowest BCUT2D eigenvalue weighted by Crippen LogP contribution is -2.31. The van der Waals surface area contributed by atoms with E-state index in [1.54, 1.807) is 16.8 Å². The highest BCUT2D eigenvalue weighted by molar-refractivity contribution is 7.99. The number of aromatic nitrogens is 4. The third kappa shape index (κ3) is 4.16. The summed E-state index contributed by atoms with van der Waals surface area (Å²) in [6, 6.07) is 16.8. The lowest BCUT2D eigenvalue weighted by Gasteiger charge is -2.10. The Bertz CT molecular complexity index is 1080. The summed E-state index contributed by atoms with van der Waals surface area (Å²) in [5, 5.41) is 20.4. The highest BCUT2D eigenvalue weighted by Crippen LogP contribution is 2.21. The molecule has 9 nitrogen and oxygen atoms in total. The van der Waals surface area contributed by atoms with Crippen LogP contribution in [0.3, 0.4) is 0 Å². The van der Waals surface area contributed by atoms with Crippen LogP contribution < -0.4 is 10.3 Å². The van der Waals surface area contributed by atoms with Crippen molar-refractivity contribution in [3.63, 3.8) is 0 Å². The van der Waals surface area contributed by atoms with Crippen LogP contribution in [0.1, 0.15) is 12.0 Å². The van der Waals surface area contributed by atoms with Crippen molar-refractivity contribution in [2.24, 2.45) is 5.10 Å². The molecule has 1 aromatic heterocycles. The van der Waals surface area contributed by atoms with E-state index in [1.807, 2.05) is 49.4 Å². The minimum atomic E-state index is -0.282. The second-order valence-electron chi connectivity index (χ2n) is 6.26. The Kier molecular flexibility index (Phi) is 5.34. The molecule has 1 aliphatic heterocycles. The zero-order valence-corrected chi connectivity index (χ0v) is 16.3. The molecule has 1 N–H and O–H groups in total. The Morgan fingerprint density at radius 3 is 2.69 bits per heavy atom. The van der Waals surface area contributed by atoms with E-state index in [0.717, 1.165) is 11.3 Å². The first-order chi connectivity index (χ1) is 14.1. The van der Waals surface area contributed by atoms with Crippen molar-refractivity contribution in [3.8, 4) is 5.69 Å². The molecular weight excluding hydrogens is 390 g/mol. The Balaban J connectivity index is 1.39. The Labute approximate surface area is 170 Å². The Morgan fingerprint density at radius 1 is 1.14 bits per heavy atom. The average molecular weight is 407 g/mol. The first-order valence-electron chi connectivity index (χ1n) is 8.84. The van der Waals surface area contributed by atoms with Gasteiger partial charge in [0.1, 0.15) is 5.84 Å². The largest absolute Gasteiger partial charge is 0.312 e. The summed E-state index contributed by atoms with van der Waals surface area (Å²) in [6.45, 7) is 1.96. The van der Waals surface area contributed by atoms with E-state index in [2.05, 4.69) is 25.9 Å². The Hall–Kier alpha value is -3.53. The van der Waals surface area contributed by atoms with Gasteiger partial charge in [0.25, 0.3) is 5.91 Å². The van der Waals surface area contributed by atoms with E-state index >= 15 is 0 Å². The molecule has 2 heterocycles. The second-order valence-corrected chi connectivity index (χ2v) is 7.20. The van der Waals surface area contributed by atoms with Gasteiger partial charge in [0, 0.05) is 0 Å². The number of amides is 2. The number of para-hydroxylation sites is 2. The van der Waals surface area contributed by atoms with Crippen LogP contribution in [-0.2, 0) is 9.59 Å². The van der Waals surface area contributed by atoms with E-state index in [1.165, 1.54) is 16.8 Å². The number of hydrazone groups is 1. The highest BCUT2D eigenvalue weighted by atomic mass is 32.2. The zero-order chi connectivity index (χ0) is 20.2. The van der Waals surface area contributed by atoms with Crippen molar-refractivity contribution in [1.29, 1.82) is 0 Å². The molecular formula is C19H17N7O2S. The number of carbonyl (C=O) groups is 2. The molecule has 2 aromatic carbocycles. The van der Waals surface area contributed by atoms with Gasteiger partial charge in [-0.25, -0.2) is 0 Å². The first kappa shape index (κ1) is 18.8. The minimum Gasteiger partial charge on any atom is -0.312 e. The van der Waals surface area contributed by atoms with Gasteiger partial charge in [-0.1, -0.05) is 48.2 Å².